The summed E-state index contributed by atoms with van der Waals surface area (Å²) in [6.07, 6.45) is -0.519. The number of carbonyl (C=O) groups is 3. The zero-order valence-electron chi connectivity index (χ0n) is 19.3. The number of carboxylic acid groups (broad SMARTS) is 1. The second-order valence-electron chi connectivity index (χ2n) is 7.86. The molecule has 2 heterocycles. The van der Waals surface area contributed by atoms with E-state index in [1.165, 1.54) is 23.9 Å². The summed E-state index contributed by atoms with van der Waals surface area (Å²) in [6.45, 7) is 2.23. The number of carboxylic acids is 1. The van der Waals surface area contributed by atoms with Crippen LogP contribution in [-0.4, -0.2) is 50.1 Å². The largest absolute Gasteiger partial charge is 0.478 e. The molecule has 1 aliphatic heterocycles. The monoisotopic (exact) mass is 508 g/mol. The van der Waals surface area contributed by atoms with Gasteiger partial charge >= 0.3 is 12.1 Å². The Hall–Kier alpha value is -4.32. The van der Waals surface area contributed by atoms with Gasteiger partial charge in [0.05, 0.1) is 11.1 Å². The molecular weight excluding hydrogens is 484 g/mol. The highest BCUT2D eigenvalue weighted by Crippen LogP contribution is 2.35. The number of alkyl carbamates (subject to hydrolysis) is 1. The van der Waals surface area contributed by atoms with E-state index in [0.29, 0.717) is 40.2 Å². The highest BCUT2D eigenvalue weighted by atomic mass is 32.2. The first-order valence-corrected chi connectivity index (χ1v) is 12.0. The van der Waals surface area contributed by atoms with Crippen molar-refractivity contribution in [3.8, 4) is 0 Å². The average Bonchev–Trinajstić information content (AvgIpc) is 3.27. The van der Waals surface area contributed by atoms with Crippen LogP contribution in [0.4, 0.5) is 10.7 Å². The van der Waals surface area contributed by atoms with Crippen LogP contribution >= 0.6 is 11.8 Å². The lowest BCUT2D eigenvalue weighted by molar-refractivity contribution is -0.115. The minimum absolute atomic E-state index is 0.124. The van der Waals surface area contributed by atoms with Gasteiger partial charge in [-0.2, -0.15) is 4.98 Å². The van der Waals surface area contributed by atoms with Crippen LogP contribution < -0.4 is 16.4 Å². The van der Waals surface area contributed by atoms with Crippen LogP contribution in [0.25, 0.3) is 0 Å². The highest BCUT2D eigenvalue weighted by Gasteiger charge is 2.33. The number of nitrogens with one attached hydrogen (secondary N) is 2. The van der Waals surface area contributed by atoms with Crippen molar-refractivity contribution in [3.63, 3.8) is 0 Å². The third kappa shape index (κ3) is 5.66. The molecule has 1 unspecified atom stereocenters. The second kappa shape index (κ2) is 11.0. The van der Waals surface area contributed by atoms with Gasteiger partial charge in [0.15, 0.2) is 0 Å². The minimum atomic E-state index is -1.05. The summed E-state index contributed by atoms with van der Waals surface area (Å²) < 4.78 is 6.74. The van der Waals surface area contributed by atoms with Gasteiger partial charge in [-0.1, -0.05) is 54.2 Å². The molecule has 0 saturated heterocycles. The van der Waals surface area contributed by atoms with Crippen molar-refractivity contribution >= 4 is 35.7 Å². The number of rotatable bonds is 9. The van der Waals surface area contributed by atoms with Crippen LogP contribution in [0, 0.1) is 0 Å². The van der Waals surface area contributed by atoms with Gasteiger partial charge < -0.3 is 26.2 Å². The lowest BCUT2D eigenvalue weighted by atomic mass is 9.94. The normalized spacial score (nSPS) is 14.5. The van der Waals surface area contributed by atoms with E-state index < -0.39 is 24.0 Å². The van der Waals surface area contributed by atoms with Gasteiger partial charge in [-0.3, -0.25) is 4.79 Å². The van der Waals surface area contributed by atoms with Crippen LogP contribution in [0.1, 0.15) is 34.5 Å². The Labute approximate surface area is 210 Å². The number of hydrogen-bond acceptors (Lipinski definition) is 8. The molecule has 0 saturated carbocycles. The summed E-state index contributed by atoms with van der Waals surface area (Å²) in [5, 5.41) is 19.9. The first kappa shape index (κ1) is 24.8. The Kier molecular flexibility index (Phi) is 7.54. The van der Waals surface area contributed by atoms with E-state index in [1.54, 1.807) is 23.7 Å². The number of aromatic carboxylic acids is 1. The number of carbonyl (C=O) groups excluding carboxylic acids is 2. The molecule has 1 atom stereocenters. The smallest absolute Gasteiger partial charge is 0.407 e. The Morgan fingerprint density at radius 3 is 2.56 bits per heavy atom. The fourth-order valence-electron chi connectivity index (χ4n) is 3.70. The van der Waals surface area contributed by atoms with E-state index in [9.17, 15) is 19.5 Å². The fraction of sp³-hybridized carbons (Fsp3) is 0.208. The van der Waals surface area contributed by atoms with Crippen LogP contribution in [0.3, 0.4) is 0 Å². The van der Waals surface area contributed by atoms with E-state index >= 15 is 0 Å². The van der Waals surface area contributed by atoms with Gasteiger partial charge in [0.2, 0.25) is 17.0 Å². The number of anilines is 1. The van der Waals surface area contributed by atoms with Crippen molar-refractivity contribution < 1.29 is 24.2 Å². The number of amides is 2. The topological polar surface area (TPSA) is 161 Å². The predicted molar refractivity (Wildman–Crippen MR) is 132 cm³/mol. The number of ether oxygens (including phenoxy) is 1. The second-order valence-corrected chi connectivity index (χ2v) is 8.92. The van der Waals surface area contributed by atoms with E-state index in [2.05, 4.69) is 20.7 Å². The van der Waals surface area contributed by atoms with Gasteiger partial charge in [0.1, 0.15) is 12.6 Å². The third-order valence-electron chi connectivity index (χ3n) is 5.39. The molecule has 186 valence electrons. The first-order valence-electron chi connectivity index (χ1n) is 11.0. The molecule has 36 heavy (non-hydrogen) atoms. The zero-order chi connectivity index (χ0) is 25.7. The summed E-state index contributed by atoms with van der Waals surface area (Å²) in [6, 6.07) is 14.9. The lowest BCUT2D eigenvalue weighted by Gasteiger charge is -2.27. The van der Waals surface area contributed by atoms with Gasteiger partial charge in [-0.25, -0.2) is 14.3 Å². The van der Waals surface area contributed by atoms with Gasteiger partial charge in [0, 0.05) is 18.0 Å². The SMILES string of the molecule is CC1=C(C(N)=O)C(c2ccc(C(=O)O)cc2)n2nc(SCCNC(=O)OCc3ccccc3)nc2N1. The summed E-state index contributed by atoms with van der Waals surface area (Å²) in [7, 11) is 0. The molecule has 1 aromatic heterocycles. The zero-order valence-corrected chi connectivity index (χ0v) is 20.1. The number of hydrogen-bond donors (Lipinski definition) is 4. The number of nitrogens with two attached hydrogens (primary N) is 1. The number of primary amides is 1. The first-order chi connectivity index (χ1) is 17.3. The summed E-state index contributed by atoms with van der Waals surface area (Å²) >= 11 is 1.32. The van der Waals surface area contributed by atoms with Crippen LogP contribution in [0.2, 0.25) is 0 Å². The van der Waals surface area contributed by atoms with E-state index in [4.69, 9.17) is 10.5 Å². The summed E-state index contributed by atoms with van der Waals surface area (Å²) in [5.41, 5.74) is 8.16. The molecule has 5 N–H and O–H groups in total. The Morgan fingerprint density at radius 2 is 1.89 bits per heavy atom. The van der Waals surface area contributed by atoms with Crippen molar-refractivity contribution in [1.82, 2.24) is 20.1 Å². The van der Waals surface area contributed by atoms with Gasteiger partial charge in [0.25, 0.3) is 0 Å². The van der Waals surface area contributed by atoms with Crippen molar-refractivity contribution in [1.29, 1.82) is 0 Å². The molecule has 3 aromatic rings. The fourth-order valence-corrected chi connectivity index (χ4v) is 4.38. The molecule has 0 bridgehead atoms. The maximum absolute atomic E-state index is 12.3. The number of aromatic nitrogens is 3. The van der Waals surface area contributed by atoms with Crippen LogP contribution in [0.15, 0.2) is 71.0 Å². The van der Waals surface area contributed by atoms with E-state index in [-0.39, 0.29) is 12.2 Å². The molecule has 0 spiro atoms. The highest BCUT2D eigenvalue weighted by molar-refractivity contribution is 7.99. The third-order valence-corrected chi connectivity index (χ3v) is 6.23. The summed E-state index contributed by atoms with van der Waals surface area (Å²) in [5.74, 6) is -0.772. The molecule has 12 heteroatoms. The molecule has 4 rings (SSSR count). The predicted octanol–water partition coefficient (Wildman–Crippen LogP) is 2.77. The Morgan fingerprint density at radius 1 is 1.17 bits per heavy atom. The number of benzene rings is 2. The summed E-state index contributed by atoms with van der Waals surface area (Å²) in [4.78, 5) is 39.9. The van der Waals surface area contributed by atoms with Crippen molar-refractivity contribution in [2.75, 3.05) is 17.6 Å². The lowest BCUT2D eigenvalue weighted by Crippen LogP contribution is -2.31. The van der Waals surface area contributed by atoms with Crippen LogP contribution in [0.5, 0.6) is 0 Å². The quantitative estimate of drug-likeness (QED) is 0.251. The molecular formula is C24H24N6O5S. The number of thioether (sulfide) groups is 1. The Balaban J connectivity index is 1.41. The van der Waals surface area contributed by atoms with Gasteiger partial charge in [-0.05, 0) is 30.2 Å². The number of nitrogens with zero attached hydrogens (tertiary/aromatic N) is 3. The van der Waals surface area contributed by atoms with E-state index in [0.717, 1.165) is 5.56 Å². The molecule has 2 amide bonds. The van der Waals surface area contributed by atoms with Crippen molar-refractivity contribution in [3.05, 3.63) is 82.6 Å². The molecule has 1 aliphatic rings. The molecule has 0 fully saturated rings. The van der Waals surface area contributed by atoms with Crippen molar-refractivity contribution in [2.24, 2.45) is 5.73 Å². The minimum Gasteiger partial charge on any atom is -0.478 e. The molecule has 0 aliphatic carbocycles. The maximum Gasteiger partial charge on any atom is 0.407 e. The maximum atomic E-state index is 12.3. The van der Waals surface area contributed by atoms with Gasteiger partial charge in [-0.15, -0.1) is 5.10 Å². The molecule has 2 aromatic carbocycles. The van der Waals surface area contributed by atoms with Crippen LogP contribution in [-0.2, 0) is 16.1 Å². The molecule has 11 nitrogen and oxygen atoms in total. The number of allylic oxidation sites excluding steroid dienone is 1. The molecule has 0 radical (unpaired) electrons. The standard InChI is InChI=1S/C24H24N6O5S/c1-14-18(20(25)31)19(16-7-9-17(10-8-16)21(32)33)30-22(27-14)28-23(29-30)36-12-11-26-24(34)35-13-15-5-3-2-4-6-15/h2-10,19H,11-13H2,1H3,(H2,25,31)(H,26,34)(H,32,33)(H,27,28,29). The van der Waals surface area contributed by atoms with E-state index in [1.807, 2.05) is 30.3 Å². The number of fused-ring (bicyclic) bond motifs is 1. The Bertz CT molecular complexity index is 1310. The average molecular weight is 509 g/mol. The van der Waals surface area contributed by atoms with Crippen molar-refractivity contribution in [2.45, 2.75) is 24.7 Å².